The van der Waals surface area contributed by atoms with Gasteiger partial charge in [0.2, 0.25) is 11.8 Å². The van der Waals surface area contributed by atoms with Crippen molar-refractivity contribution in [3.05, 3.63) is 147 Å². The third kappa shape index (κ3) is 15.3. The second kappa shape index (κ2) is 30.0. The molecular weight excluding hydrogens is 1340 g/mol. The smallest absolute Gasteiger partial charge is 0.453 e. The van der Waals surface area contributed by atoms with Crippen molar-refractivity contribution in [2.24, 2.45) is 0 Å². The van der Waals surface area contributed by atoms with Gasteiger partial charge in [-0.25, -0.2) is 46.1 Å². The molecule has 4 fully saturated rings. The number of phosphoric ester groups is 1. The van der Waals surface area contributed by atoms with E-state index in [2.05, 4.69) is 15.6 Å². The number of phosphoric acid groups is 1. The molecule has 0 aliphatic carbocycles. The number of aromatic nitrogens is 4. The number of carbonyl (C=O) groups is 5. The Bertz CT molecular complexity index is 4310. The van der Waals surface area contributed by atoms with E-state index < -0.39 is 122 Å². The number of alkyl carbamates (subject to hydrolysis) is 2. The first-order valence-electron chi connectivity index (χ1n) is 33.6. The molecule has 30 heteroatoms. The Labute approximate surface area is 580 Å². The Hall–Kier alpha value is -8.89. The number of halogens is 5. The quantitative estimate of drug-likeness (QED) is 0.0182. The van der Waals surface area contributed by atoms with Crippen LogP contribution in [0.15, 0.2) is 72.8 Å². The average molecular weight is 1430 g/mol. The molecule has 4 amide bonds. The molecule has 11 rings (SSSR count). The number of methoxy groups -OCH3 is 4. The van der Waals surface area contributed by atoms with Crippen LogP contribution in [-0.2, 0) is 54.8 Å². The van der Waals surface area contributed by atoms with Gasteiger partial charge >= 0.3 is 26.0 Å². The van der Waals surface area contributed by atoms with Crippen LogP contribution in [0, 0.1) is 42.9 Å². The molecule has 0 unspecified atom stereocenters. The zero-order chi connectivity index (χ0) is 72.7. The van der Waals surface area contributed by atoms with Crippen LogP contribution in [-0.4, -0.2) is 148 Å². The Morgan fingerprint density at radius 2 is 1.24 bits per heavy atom. The molecule has 0 radical (unpaired) electrons. The number of hydrogen-bond donors (Lipinski definition) is 5. The van der Waals surface area contributed by atoms with Crippen molar-refractivity contribution < 1.29 is 88.5 Å². The van der Waals surface area contributed by atoms with Crippen LogP contribution in [0.1, 0.15) is 161 Å². The number of esters is 1. The monoisotopic (exact) mass is 1430 g/mol. The first-order valence-corrected chi connectivity index (χ1v) is 35.1. The fourth-order valence-corrected chi connectivity index (χ4v) is 15.7. The van der Waals surface area contributed by atoms with Crippen LogP contribution in [0.4, 0.5) is 42.9 Å². The van der Waals surface area contributed by atoms with Gasteiger partial charge in [0.25, 0.3) is 0 Å². The topological polar surface area (TPSA) is 282 Å². The predicted octanol–water partition coefficient (Wildman–Crippen LogP) is 11.9. The van der Waals surface area contributed by atoms with Crippen molar-refractivity contribution in [2.75, 3.05) is 64.4 Å². The maximum Gasteiger partial charge on any atom is 0.524 e. The summed E-state index contributed by atoms with van der Waals surface area (Å²) in [5.41, 5.74) is 1.76. The number of carbonyl (C=O) groups excluding carboxylic acids is 5. The molecule has 542 valence electrons. The van der Waals surface area contributed by atoms with E-state index in [9.17, 15) is 42.7 Å². The van der Waals surface area contributed by atoms with E-state index in [0.29, 0.717) is 66.7 Å². The highest BCUT2D eigenvalue weighted by Gasteiger charge is 2.45. The summed E-state index contributed by atoms with van der Waals surface area (Å²) in [5.74, 6) is -5.32. The van der Waals surface area contributed by atoms with Crippen molar-refractivity contribution in [1.82, 2.24) is 40.0 Å². The highest BCUT2D eigenvalue weighted by molar-refractivity contribution is 7.46. The van der Waals surface area contributed by atoms with E-state index in [4.69, 9.17) is 38.2 Å². The number of benzene rings is 5. The van der Waals surface area contributed by atoms with Crippen LogP contribution in [0.3, 0.4) is 0 Å². The summed E-state index contributed by atoms with van der Waals surface area (Å²) in [6.45, 7) is 10.4. The molecule has 4 saturated heterocycles. The minimum absolute atomic E-state index is 0.00727. The molecular formula is C71H84F5N10O14P. The van der Waals surface area contributed by atoms with Crippen LogP contribution >= 0.6 is 7.82 Å². The second-order valence-corrected chi connectivity index (χ2v) is 28.3. The van der Waals surface area contributed by atoms with Crippen molar-refractivity contribution in [2.45, 2.75) is 166 Å². The number of nitrogens with zero attached hydrogens (tertiary/aromatic N) is 7. The number of fused-ring (bicyclic) bond motifs is 2. The Morgan fingerprint density at radius 1 is 0.673 bits per heavy atom. The molecule has 0 saturated carbocycles. The van der Waals surface area contributed by atoms with Crippen LogP contribution in [0.5, 0.6) is 5.75 Å². The molecule has 0 spiro atoms. The molecule has 0 bridgehead atoms. The Kier molecular flexibility index (Phi) is 21.8. The summed E-state index contributed by atoms with van der Waals surface area (Å²) in [6, 6.07) is 11.1. The molecule has 8 atom stereocenters. The van der Waals surface area contributed by atoms with Gasteiger partial charge in [0.1, 0.15) is 52.6 Å². The van der Waals surface area contributed by atoms with E-state index in [0.717, 1.165) is 24.8 Å². The number of hydrogen-bond acceptors (Lipinski definition) is 16. The lowest BCUT2D eigenvalue weighted by Gasteiger charge is -2.36. The maximum atomic E-state index is 18.0. The summed E-state index contributed by atoms with van der Waals surface area (Å²) in [4.78, 5) is 108. The minimum atomic E-state index is -5.08. The van der Waals surface area contributed by atoms with Gasteiger partial charge in [-0.3, -0.25) is 28.7 Å². The normalized spacial score (nSPS) is 19.6. The van der Waals surface area contributed by atoms with E-state index in [1.165, 1.54) is 67.2 Å². The number of piperidine rings is 1. The number of anilines is 2. The van der Waals surface area contributed by atoms with Crippen molar-refractivity contribution in [1.29, 1.82) is 0 Å². The van der Waals surface area contributed by atoms with Gasteiger partial charge in [-0.15, -0.1) is 0 Å². The zero-order valence-corrected chi connectivity index (χ0v) is 58.7. The van der Waals surface area contributed by atoms with Crippen molar-refractivity contribution in [3.63, 3.8) is 0 Å². The SMILES string of the molecule is COC(=O)N[C@H](C(=O)N1CCC[C@H]1c1nc2cc(F)c([C@H]3CC[C@H](c4cc5nc([C@@H]6CCCN6C(=O)[C@@H](NC(=O)OC)[C@@H](C)OC)n(COC(=O)CC(C)(C)c6c(C)cc(C)cc6OP(=O)(O)O)c5cc4F)N3c3cc(F)c(N4CCC(c5ccc(F)cc5)CC4)c(F)c3)cc2[nH]1)[C@@H](C)OC. The van der Waals surface area contributed by atoms with Crippen molar-refractivity contribution in [3.8, 4) is 5.75 Å². The van der Waals surface area contributed by atoms with Gasteiger partial charge in [-0.05, 0) is 144 Å². The summed E-state index contributed by atoms with van der Waals surface area (Å²) >= 11 is 0. The third-order valence-corrected chi connectivity index (χ3v) is 20.6. The number of rotatable bonds is 22. The van der Waals surface area contributed by atoms with Gasteiger partial charge in [0.15, 0.2) is 18.4 Å². The molecule has 6 heterocycles. The second-order valence-electron chi connectivity index (χ2n) is 27.1. The number of amides is 4. The number of aromatic amines is 1. The third-order valence-electron chi connectivity index (χ3n) is 20.2. The molecule has 5 N–H and O–H groups in total. The largest absolute Gasteiger partial charge is 0.524 e. The number of imidazole rings is 2. The molecule has 4 aliphatic heterocycles. The van der Waals surface area contributed by atoms with Gasteiger partial charge in [-0.1, -0.05) is 32.0 Å². The summed E-state index contributed by atoms with van der Waals surface area (Å²) < 4.78 is 129. The van der Waals surface area contributed by atoms with Crippen LogP contribution < -0.4 is 25.0 Å². The fourth-order valence-electron chi connectivity index (χ4n) is 15.3. The van der Waals surface area contributed by atoms with Crippen molar-refractivity contribution >= 4 is 71.2 Å². The Balaban J connectivity index is 0.987. The average Bonchev–Trinajstić information content (AvgIpc) is 1.62. The molecule has 2 aromatic heterocycles. The van der Waals surface area contributed by atoms with Gasteiger partial charge in [0.05, 0.1) is 79.1 Å². The van der Waals surface area contributed by atoms with E-state index >= 15 is 17.6 Å². The molecule has 7 aromatic rings. The van der Waals surface area contributed by atoms with Gasteiger partial charge in [0, 0.05) is 80.3 Å². The number of aryl methyl sites for hydroxylation is 2. The summed E-state index contributed by atoms with van der Waals surface area (Å²) in [7, 11) is 0.00875. The first-order chi connectivity index (χ1) is 48.0. The van der Waals surface area contributed by atoms with Crippen LogP contribution in [0.25, 0.3) is 22.1 Å². The van der Waals surface area contributed by atoms with Gasteiger partial charge < -0.3 is 63.4 Å². The lowest BCUT2D eigenvalue weighted by atomic mass is 9.78. The summed E-state index contributed by atoms with van der Waals surface area (Å²) in [6.07, 6.45) is -0.785. The Morgan fingerprint density at radius 3 is 1.81 bits per heavy atom. The van der Waals surface area contributed by atoms with Gasteiger partial charge in [-0.2, -0.15) is 0 Å². The number of ether oxygens (including phenoxy) is 5. The number of H-pyrrole nitrogens is 1. The highest BCUT2D eigenvalue weighted by atomic mass is 31.2. The van der Waals surface area contributed by atoms with E-state index in [1.807, 2.05) is 0 Å². The lowest BCUT2D eigenvalue weighted by Crippen LogP contribution is -2.54. The predicted molar refractivity (Wildman–Crippen MR) is 361 cm³/mol. The summed E-state index contributed by atoms with van der Waals surface area (Å²) in [5, 5.41) is 5.13. The molecule has 4 aliphatic rings. The van der Waals surface area contributed by atoms with E-state index in [1.54, 1.807) is 80.5 Å². The number of nitrogens with one attached hydrogen (secondary N) is 3. The molecule has 101 heavy (non-hydrogen) atoms. The maximum absolute atomic E-state index is 18.0. The lowest BCUT2D eigenvalue weighted by molar-refractivity contribution is -0.149. The number of likely N-dealkylation sites (tertiary alicyclic amines) is 2. The first kappa shape index (κ1) is 73.3. The highest BCUT2D eigenvalue weighted by Crippen LogP contribution is 2.51. The van der Waals surface area contributed by atoms with E-state index in [-0.39, 0.29) is 108 Å². The minimum Gasteiger partial charge on any atom is -0.453 e. The zero-order valence-electron chi connectivity index (χ0n) is 57.8. The standard InChI is InChI=1S/C71H84F5N10O14P/c1-37-27-38(2)61(59(28-37)100-101(92,93)94)71(5,6)35-60(87)99-36-85-58-34-48(74)46(32-53(58)79-66(85)57-14-12-24-84(57)68(89)63(40(4)96-8)81-70(91)98-10)55-20-19-54(86(55)44-29-49(75)64(50(76)30-44)82-25-21-42(22-26-82)41-15-17-43(72)18-16-41)45-31-51-52(33-47(45)73)78-65(77-51)56-13-11-23-83(56)67(88)62(39(3)95-7)80-69(90)97-9/h15-18,27-34,39-40,42,54-57,62-63H,11-14,19-26,35-36H2,1-10H3,(H,77,78)(H,80,90)(H,81,91)(H2,92,93,94)/t39-,40-,54-,55-,56+,57+,62+,63+/m1/s1. The fraction of sp³-hybridized carbons (Fsp3) is 0.479. The molecule has 24 nitrogen and oxygen atoms in total. The molecule has 5 aromatic carbocycles. The van der Waals surface area contributed by atoms with Crippen LogP contribution in [0.2, 0.25) is 0 Å².